The molecule has 31 heavy (non-hydrogen) atoms. The number of anilines is 3. The zero-order valence-corrected chi connectivity index (χ0v) is 18.6. The molecular formula is C21H29N5O4S. The van der Waals surface area contributed by atoms with Crippen LogP contribution in [0.5, 0.6) is 0 Å². The van der Waals surface area contributed by atoms with Gasteiger partial charge in [-0.05, 0) is 50.3 Å². The third-order valence-corrected chi connectivity index (χ3v) is 6.36. The van der Waals surface area contributed by atoms with E-state index in [1.54, 1.807) is 12.1 Å². The number of carbonyl (C=O) groups excluding carboxylic acids is 1. The lowest BCUT2D eigenvalue weighted by Crippen LogP contribution is -2.29. The zero-order valence-electron chi connectivity index (χ0n) is 17.8. The fourth-order valence-corrected chi connectivity index (χ4v) is 4.28. The summed E-state index contributed by atoms with van der Waals surface area (Å²) < 4.78 is 23.7. The molecule has 1 aromatic carbocycles. The van der Waals surface area contributed by atoms with Crippen LogP contribution in [0.3, 0.4) is 0 Å². The van der Waals surface area contributed by atoms with Crippen LogP contribution in [0.2, 0.25) is 0 Å². The number of aryl methyl sites for hydroxylation is 1. The maximum absolute atomic E-state index is 12.1. The van der Waals surface area contributed by atoms with Gasteiger partial charge in [-0.25, -0.2) is 18.4 Å². The normalized spacial score (nSPS) is 19.1. The molecule has 9 nitrogen and oxygen atoms in total. The highest BCUT2D eigenvalue weighted by atomic mass is 32.2. The molecular weight excluding hydrogens is 418 g/mol. The molecule has 1 saturated carbocycles. The van der Waals surface area contributed by atoms with Gasteiger partial charge in [0.25, 0.3) is 5.91 Å². The number of hydrogen-bond acceptors (Lipinski definition) is 8. The van der Waals surface area contributed by atoms with Crippen LogP contribution in [-0.4, -0.2) is 47.8 Å². The molecule has 2 aromatic rings. The van der Waals surface area contributed by atoms with Crippen molar-refractivity contribution in [3.05, 3.63) is 35.7 Å². The smallest absolute Gasteiger partial charge is 0.271 e. The van der Waals surface area contributed by atoms with Crippen LogP contribution in [0, 0.1) is 0 Å². The number of hydrogen-bond donors (Lipinski definition) is 4. The maximum Gasteiger partial charge on any atom is 0.271 e. The summed E-state index contributed by atoms with van der Waals surface area (Å²) in [6, 6.07) is 6.40. The van der Waals surface area contributed by atoms with E-state index in [4.69, 9.17) is 5.73 Å². The minimum Gasteiger partial charge on any atom is -0.393 e. The second-order valence-electron chi connectivity index (χ2n) is 7.91. The summed E-state index contributed by atoms with van der Waals surface area (Å²) in [6.07, 6.45) is 5.35. The van der Waals surface area contributed by atoms with Crippen molar-refractivity contribution in [2.45, 2.75) is 62.5 Å². The molecule has 1 aliphatic rings. The Kier molecular flexibility index (Phi) is 7.11. The lowest BCUT2D eigenvalue weighted by atomic mass is 9.93. The van der Waals surface area contributed by atoms with E-state index in [-0.39, 0.29) is 28.6 Å². The van der Waals surface area contributed by atoms with Gasteiger partial charge in [0, 0.05) is 18.0 Å². The van der Waals surface area contributed by atoms with Gasteiger partial charge < -0.3 is 21.5 Å². The molecule has 0 atom stereocenters. The van der Waals surface area contributed by atoms with Gasteiger partial charge in [0.2, 0.25) is 0 Å². The van der Waals surface area contributed by atoms with E-state index in [1.807, 2.05) is 6.92 Å². The Morgan fingerprint density at radius 3 is 2.52 bits per heavy atom. The number of sulfone groups is 1. The number of primary amides is 1. The fourth-order valence-electron chi connectivity index (χ4n) is 3.61. The average Bonchev–Trinajstić information content (AvgIpc) is 2.71. The molecule has 0 aliphatic heterocycles. The second kappa shape index (κ2) is 9.61. The average molecular weight is 448 g/mol. The fraction of sp³-hybridized carbons (Fsp3) is 0.476. The molecule has 0 spiro atoms. The molecule has 5 N–H and O–H groups in total. The van der Waals surface area contributed by atoms with Crippen molar-refractivity contribution in [3.63, 3.8) is 0 Å². The Labute approximate surface area is 182 Å². The number of amides is 1. The van der Waals surface area contributed by atoms with Gasteiger partial charge in [-0.1, -0.05) is 19.4 Å². The number of nitrogens with zero attached hydrogens (tertiary/aromatic N) is 2. The first kappa shape index (κ1) is 23.0. The summed E-state index contributed by atoms with van der Waals surface area (Å²) in [5, 5.41) is 16.2. The lowest BCUT2D eigenvalue weighted by Gasteiger charge is -2.27. The molecule has 1 aromatic heterocycles. The number of benzene rings is 1. The van der Waals surface area contributed by atoms with Crippen LogP contribution in [0.1, 0.15) is 55.2 Å². The van der Waals surface area contributed by atoms with Crippen molar-refractivity contribution >= 4 is 33.1 Å². The summed E-state index contributed by atoms with van der Waals surface area (Å²) in [4.78, 5) is 21.3. The number of carbonyl (C=O) groups is 1. The van der Waals surface area contributed by atoms with Crippen LogP contribution >= 0.6 is 0 Å². The quantitative estimate of drug-likeness (QED) is 0.482. The molecule has 168 valence electrons. The Balaban J connectivity index is 1.97. The SMILES string of the molecule is CCCc1nc(C(N)=O)c(Nc2cccc(S(C)(=O)=O)c2)nc1N[C@H]1CC[C@H](O)CC1. The molecule has 1 heterocycles. The largest absolute Gasteiger partial charge is 0.393 e. The van der Waals surface area contributed by atoms with Crippen molar-refractivity contribution in [1.29, 1.82) is 0 Å². The predicted octanol–water partition coefficient (Wildman–Crippen LogP) is 2.39. The van der Waals surface area contributed by atoms with E-state index in [1.165, 1.54) is 12.1 Å². The molecule has 3 rings (SSSR count). The molecule has 1 amide bonds. The summed E-state index contributed by atoms with van der Waals surface area (Å²) in [5.41, 5.74) is 6.66. The Bertz CT molecular complexity index is 1050. The van der Waals surface area contributed by atoms with Crippen molar-refractivity contribution in [2.24, 2.45) is 5.73 Å². The first-order chi connectivity index (χ1) is 14.7. The lowest BCUT2D eigenvalue weighted by molar-refractivity contribution is 0.0995. The number of rotatable bonds is 8. The molecule has 10 heteroatoms. The van der Waals surface area contributed by atoms with Crippen LogP contribution in [0.4, 0.5) is 17.3 Å². The van der Waals surface area contributed by atoms with Gasteiger partial charge in [0.15, 0.2) is 27.2 Å². The van der Waals surface area contributed by atoms with Crippen LogP contribution in [0.15, 0.2) is 29.2 Å². The number of aliphatic hydroxyl groups excluding tert-OH is 1. The van der Waals surface area contributed by atoms with Crippen molar-refractivity contribution in [1.82, 2.24) is 9.97 Å². The highest BCUT2D eigenvalue weighted by Gasteiger charge is 2.23. The van der Waals surface area contributed by atoms with E-state index in [2.05, 4.69) is 20.6 Å². The van der Waals surface area contributed by atoms with Crippen LogP contribution in [-0.2, 0) is 16.3 Å². The van der Waals surface area contributed by atoms with Gasteiger partial charge in [-0.15, -0.1) is 0 Å². The van der Waals surface area contributed by atoms with E-state index in [0.717, 1.165) is 38.4 Å². The molecule has 1 fully saturated rings. The zero-order chi connectivity index (χ0) is 22.6. The summed E-state index contributed by atoms with van der Waals surface area (Å²) >= 11 is 0. The number of nitrogens with two attached hydrogens (primary N) is 1. The molecule has 1 aliphatic carbocycles. The Hall–Kier alpha value is -2.72. The highest BCUT2D eigenvalue weighted by Crippen LogP contribution is 2.27. The van der Waals surface area contributed by atoms with E-state index in [9.17, 15) is 18.3 Å². The Morgan fingerprint density at radius 1 is 1.19 bits per heavy atom. The van der Waals surface area contributed by atoms with Crippen LogP contribution < -0.4 is 16.4 Å². The molecule has 0 bridgehead atoms. The van der Waals surface area contributed by atoms with Gasteiger partial charge in [0.05, 0.1) is 16.7 Å². The minimum atomic E-state index is -3.39. The van der Waals surface area contributed by atoms with Gasteiger partial charge in [0.1, 0.15) is 0 Å². The number of aromatic nitrogens is 2. The third-order valence-electron chi connectivity index (χ3n) is 5.25. The Morgan fingerprint density at radius 2 is 1.90 bits per heavy atom. The van der Waals surface area contributed by atoms with E-state index < -0.39 is 15.7 Å². The van der Waals surface area contributed by atoms with E-state index in [0.29, 0.717) is 23.6 Å². The van der Waals surface area contributed by atoms with Gasteiger partial charge in [-0.3, -0.25) is 4.79 Å². The predicted molar refractivity (Wildman–Crippen MR) is 119 cm³/mol. The van der Waals surface area contributed by atoms with E-state index >= 15 is 0 Å². The maximum atomic E-state index is 12.1. The third kappa shape index (κ3) is 5.92. The standard InChI is InChI=1S/C21H29N5O4S/c1-3-5-17-20(23-13-8-10-15(27)11-9-13)26-21(18(25-17)19(22)28)24-14-6-4-7-16(12-14)31(2,29)30/h4,6-7,12-13,15,27H,3,5,8-11H2,1-2H3,(H2,22,28)(H2,23,24,26)/t13-,15-. The van der Waals surface area contributed by atoms with Gasteiger partial charge >= 0.3 is 0 Å². The van der Waals surface area contributed by atoms with Crippen molar-refractivity contribution in [3.8, 4) is 0 Å². The number of aliphatic hydroxyl groups is 1. The molecule has 0 radical (unpaired) electrons. The minimum absolute atomic E-state index is 0.00201. The summed E-state index contributed by atoms with van der Waals surface area (Å²) in [5.74, 6) is 0.00492. The highest BCUT2D eigenvalue weighted by molar-refractivity contribution is 7.90. The van der Waals surface area contributed by atoms with Gasteiger partial charge in [-0.2, -0.15) is 0 Å². The van der Waals surface area contributed by atoms with Crippen molar-refractivity contribution < 1.29 is 18.3 Å². The first-order valence-corrected chi connectivity index (χ1v) is 12.3. The van der Waals surface area contributed by atoms with Crippen LogP contribution in [0.25, 0.3) is 0 Å². The monoisotopic (exact) mass is 447 g/mol. The number of nitrogens with one attached hydrogen (secondary N) is 2. The topological polar surface area (TPSA) is 147 Å². The second-order valence-corrected chi connectivity index (χ2v) is 9.92. The molecule has 0 saturated heterocycles. The summed E-state index contributed by atoms with van der Waals surface area (Å²) in [7, 11) is -3.39. The summed E-state index contributed by atoms with van der Waals surface area (Å²) in [6.45, 7) is 2.01. The van der Waals surface area contributed by atoms with Crippen molar-refractivity contribution in [2.75, 3.05) is 16.9 Å². The first-order valence-electron chi connectivity index (χ1n) is 10.4. The molecule has 0 unspecified atom stereocenters.